The van der Waals surface area contributed by atoms with Gasteiger partial charge in [-0.05, 0) is 19.1 Å². The van der Waals surface area contributed by atoms with Crippen LogP contribution in [0.4, 0.5) is 4.39 Å². The second kappa shape index (κ2) is 4.70. The zero-order valence-electron chi connectivity index (χ0n) is 9.97. The molecule has 1 aliphatic heterocycles. The Morgan fingerprint density at radius 1 is 1.61 bits per heavy atom. The lowest BCUT2D eigenvalue weighted by Gasteiger charge is -2.23. The summed E-state index contributed by atoms with van der Waals surface area (Å²) in [5.41, 5.74) is 0. The molecule has 0 aromatic heterocycles. The number of halogens is 1. The largest absolute Gasteiger partial charge is 0.490 e. The molecular formula is C12H14FNO3S. The first-order chi connectivity index (χ1) is 8.46. The molecule has 1 heterocycles. The van der Waals surface area contributed by atoms with Crippen LogP contribution in [-0.2, 0) is 10.0 Å². The summed E-state index contributed by atoms with van der Waals surface area (Å²) in [5, 5.41) is 0. The van der Waals surface area contributed by atoms with Gasteiger partial charge in [-0.25, -0.2) is 12.8 Å². The molecule has 4 nitrogen and oxygen atoms in total. The van der Waals surface area contributed by atoms with Gasteiger partial charge in [-0.15, -0.1) is 6.58 Å². The molecular weight excluding hydrogens is 257 g/mol. The van der Waals surface area contributed by atoms with Gasteiger partial charge in [0.1, 0.15) is 23.1 Å². The van der Waals surface area contributed by atoms with Gasteiger partial charge in [0, 0.05) is 12.6 Å². The molecule has 6 heteroatoms. The highest BCUT2D eigenvalue weighted by molar-refractivity contribution is 7.89. The molecule has 2 rings (SSSR count). The third-order valence-electron chi connectivity index (χ3n) is 2.77. The lowest BCUT2D eigenvalue weighted by molar-refractivity contribution is 0.232. The molecule has 98 valence electrons. The minimum absolute atomic E-state index is 0.00454. The molecule has 0 aliphatic carbocycles. The van der Waals surface area contributed by atoms with Crippen LogP contribution in [0.5, 0.6) is 5.75 Å². The van der Waals surface area contributed by atoms with Gasteiger partial charge in [0.15, 0.2) is 0 Å². The van der Waals surface area contributed by atoms with E-state index in [0.717, 1.165) is 12.1 Å². The number of hydrogen-bond donors (Lipinski definition) is 0. The van der Waals surface area contributed by atoms with Crippen molar-refractivity contribution in [3.05, 3.63) is 36.7 Å². The Bertz CT molecular complexity index is 571. The van der Waals surface area contributed by atoms with Crippen LogP contribution in [0.1, 0.15) is 6.92 Å². The molecule has 0 fully saturated rings. The van der Waals surface area contributed by atoms with Crippen LogP contribution in [0, 0.1) is 5.82 Å². The predicted molar refractivity (Wildman–Crippen MR) is 65.4 cm³/mol. The quantitative estimate of drug-likeness (QED) is 0.770. The summed E-state index contributed by atoms with van der Waals surface area (Å²) in [5.74, 6) is -0.456. The Kier molecular flexibility index (Phi) is 3.41. The maximum Gasteiger partial charge on any atom is 0.247 e. The number of fused-ring (bicyclic) bond motifs is 1. The second-order valence-electron chi connectivity index (χ2n) is 4.11. The van der Waals surface area contributed by atoms with Crippen molar-refractivity contribution >= 4 is 10.0 Å². The van der Waals surface area contributed by atoms with Gasteiger partial charge in [0.25, 0.3) is 0 Å². The van der Waals surface area contributed by atoms with E-state index in [1.807, 2.05) is 0 Å². The zero-order chi connectivity index (χ0) is 13.3. The van der Waals surface area contributed by atoms with Crippen LogP contribution in [0.3, 0.4) is 0 Å². The van der Waals surface area contributed by atoms with Crippen LogP contribution in [-0.4, -0.2) is 31.9 Å². The van der Waals surface area contributed by atoms with Crippen LogP contribution < -0.4 is 4.74 Å². The summed E-state index contributed by atoms with van der Waals surface area (Å²) >= 11 is 0. The van der Waals surface area contributed by atoms with Crippen LogP contribution in [0.2, 0.25) is 0 Å². The Hall–Kier alpha value is -1.40. The molecule has 1 aromatic rings. The Morgan fingerprint density at radius 2 is 2.33 bits per heavy atom. The number of benzene rings is 1. The standard InChI is InChI=1S/C12H14FNO3S/c1-3-6-14-9(2)8-17-11-7-10(13)4-5-12(11)18(14,15)16/h3-5,7,9H,1,6,8H2,2H3/t9-/m1/s1. The van der Waals surface area contributed by atoms with Gasteiger partial charge in [-0.2, -0.15) is 4.31 Å². The van der Waals surface area contributed by atoms with Crippen molar-refractivity contribution in [2.75, 3.05) is 13.2 Å². The maximum absolute atomic E-state index is 13.1. The Labute approximate surface area is 106 Å². The first-order valence-electron chi connectivity index (χ1n) is 5.52. The molecule has 1 atom stereocenters. The highest BCUT2D eigenvalue weighted by Gasteiger charge is 2.34. The fraction of sp³-hybridized carbons (Fsp3) is 0.333. The smallest absolute Gasteiger partial charge is 0.247 e. The van der Waals surface area contributed by atoms with Crippen molar-refractivity contribution in [2.45, 2.75) is 17.9 Å². The van der Waals surface area contributed by atoms with E-state index in [1.54, 1.807) is 6.92 Å². The SMILES string of the molecule is C=CCN1[C@H](C)COc2cc(F)ccc2S1(=O)=O. The van der Waals surface area contributed by atoms with E-state index in [2.05, 4.69) is 6.58 Å². The number of rotatable bonds is 2. The third-order valence-corrected chi connectivity index (χ3v) is 4.79. The van der Waals surface area contributed by atoms with E-state index in [4.69, 9.17) is 4.74 Å². The highest BCUT2D eigenvalue weighted by atomic mass is 32.2. The summed E-state index contributed by atoms with van der Waals surface area (Å²) in [7, 11) is -3.68. The maximum atomic E-state index is 13.1. The molecule has 0 radical (unpaired) electrons. The van der Waals surface area contributed by atoms with Crippen LogP contribution >= 0.6 is 0 Å². The van der Waals surface area contributed by atoms with E-state index >= 15 is 0 Å². The van der Waals surface area contributed by atoms with Crippen molar-refractivity contribution in [1.82, 2.24) is 4.31 Å². The lowest BCUT2D eigenvalue weighted by Crippen LogP contribution is -2.39. The molecule has 0 bridgehead atoms. The van der Waals surface area contributed by atoms with Gasteiger partial charge in [0.05, 0.1) is 6.04 Å². The molecule has 0 unspecified atom stereocenters. The summed E-state index contributed by atoms with van der Waals surface area (Å²) < 4.78 is 44.6. The van der Waals surface area contributed by atoms with E-state index in [-0.39, 0.29) is 29.8 Å². The fourth-order valence-corrected chi connectivity index (χ4v) is 3.57. The molecule has 0 amide bonds. The summed E-state index contributed by atoms with van der Waals surface area (Å²) in [6, 6.07) is 3.11. The first-order valence-corrected chi connectivity index (χ1v) is 6.96. The van der Waals surface area contributed by atoms with Gasteiger partial charge in [-0.1, -0.05) is 6.08 Å². The monoisotopic (exact) mass is 271 g/mol. The van der Waals surface area contributed by atoms with Gasteiger partial charge in [0.2, 0.25) is 10.0 Å². The van der Waals surface area contributed by atoms with Crippen molar-refractivity contribution in [2.24, 2.45) is 0 Å². The second-order valence-corrected chi connectivity index (χ2v) is 5.97. The average Bonchev–Trinajstić information content (AvgIpc) is 2.39. The molecule has 0 saturated carbocycles. The van der Waals surface area contributed by atoms with Crippen molar-refractivity contribution in [1.29, 1.82) is 0 Å². The van der Waals surface area contributed by atoms with E-state index < -0.39 is 15.8 Å². The van der Waals surface area contributed by atoms with Crippen LogP contribution in [0.15, 0.2) is 35.7 Å². The molecule has 0 spiro atoms. The number of nitrogens with zero attached hydrogens (tertiary/aromatic N) is 1. The average molecular weight is 271 g/mol. The van der Waals surface area contributed by atoms with E-state index in [9.17, 15) is 12.8 Å². The fourth-order valence-electron chi connectivity index (χ4n) is 1.87. The first kappa shape index (κ1) is 13.0. The molecule has 1 aromatic carbocycles. The normalized spacial score (nSPS) is 22.7. The summed E-state index contributed by atoms with van der Waals surface area (Å²) in [4.78, 5) is -0.00454. The molecule has 1 aliphatic rings. The Morgan fingerprint density at radius 3 is 3.00 bits per heavy atom. The number of sulfonamides is 1. The van der Waals surface area contributed by atoms with Gasteiger partial charge >= 0.3 is 0 Å². The zero-order valence-corrected chi connectivity index (χ0v) is 10.8. The third kappa shape index (κ3) is 2.13. The van der Waals surface area contributed by atoms with Gasteiger partial charge in [-0.3, -0.25) is 0 Å². The highest BCUT2D eigenvalue weighted by Crippen LogP contribution is 2.31. The minimum Gasteiger partial charge on any atom is -0.490 e. The number of ether oxygens (including phenoxy) is 1. The molecule has 0 N–H and O–H groups in total. The van der Waals surface area contributed by atoms with Crippen molar-refractivity contribution < 1.29 is 17.5 Å². The summed E-state index contributed by atoms with van der Waals surface area (Å²) in [6.45, 7) is 5.67. The molecule has 0 saturated heterocycles. The van der Waals surface area contributed by atoms with Gasteiger partial charge < -0.3 is 4.74 Å². The lowest BCUT2D eigenvalue weighted by atomic mass is 10.3. The predicted octanol–water partition coefficient (Wildman–Crippen LogP) is 1.78. The van der Waals surface area contributed by atoms with Crippen molar-refractivity contribution in [3.63, 3.8) is 0 Å². The van der Waals surface area contributed by atoms with E-state index in [1.165, 1.54) is 16.4 Å². The topological polar surface area (TPSA) is 46.6 Å². The van der Waals surface area contributed by atoms with Crippen LogP contribution in [0.25, 0.3) is 0 Å². The summed E-state index contributed by atoms with van der Waals surface area (Å²) in [6.07, 6.45) is 1.52. The Balaban J connectivity index is 2.58. The van der Waals surface area contributed by atoms with E-state index in [0.29, 0.717) is 0 Å². The van der Waals surface area contributed by atoms with Crippen molar-refractivity contribution in [3.8, 4) is 5.75 Å². The molecule has 18 heavy (non-hydrogen) atoms. The number of hydrogen-bond acceptors (Lipinski definition) is 3. The minimum atomic E-state index is -3.68.